The van der Waals surface area contributed by atoms with Gasteiger partial charge < -0.3 is 4.90 Å². The summed E-state index contributed by atoms with van der Waals surface area (Å²) in [6.45, 7) is 9.28. The monoisotopic (exact) mass is 304 g/mol. The van der Waals surface area contributed by atoms with Crippen molar-refractivity contribution in [2.75, 3.05) is 19.6 Å². The van der Waals surface area contributed by atoms with Crippen LogP contribution >= 0.6 is 0 Å². The van der Waals surface area contributed by atoms with E-state index in [1.54, 1.807) is 16.8 Å². The summed E-state index contributed by atoms with van der Waals surface area (Å²) in [5.41, 5.74) is 0.807. The first-order valence-corrected chi connectivity index (χ1v) is 8.05. The quantitative estimate of drug-likeness (QED) is 0.812. The highest BCUT2D eigenvalue weighted by atomic mass is 16.2. The fourth-order valence-electron chi connectivity index (χ4n) is 3.44. The van der Waals surface area contributed by atoms with E-state index in [0.717, 1.165) is 31.7 Å². The Labute approximate surface area is 130 Å². The smallest absolute Gasteiger partial charge is 0.266 e. The molecule has 0 radical (unpaired) electrons. The van der Waals surface area contributed by atoms with E-state index in [9.17, 15) is 9.59 Å². The number of rotatable bonds is 4. The van der Waals surface area contributed by atoms with E-state index in [4.69, 9.17) is 0 Å². The lowest BCUT2D eigenvalue weighted by Crippen LogP contribution is -2.56. The fraction of sp³-hybridized carbons (Fsp3) is 0.688. The number of aryl methyl sites for hydroxylation is 1. The molecule has 6 nitrogen and oxygen atoms in total. The molecule has 0 aliphatic carbocycles. The first kappa shape index (κ1) is 15.2. The summed E-state index contributed by atoms with van der Waals surface area (Å²) < 4.78 is 1.55. The number of carbonyl (C=O) groups excluding carboxylic acids is 1. The van der Waals surface area contributed by atoms with Crippen LogP contribution in [0.1, 0.15) is 26.0 Å². The van der Waals surface area contributed by atoms with Crippen molar-refractivity contribution in [3.8, 4) is 0 Å². The minimum atomic E-state index is -0.0491. The first-order chi connectivity index (χ1) is 10.5. The highest BCUT2D eigenvalue weighted by molar-refractivity contribution is 5.84. The SMILES string of the molecule is Cc1ccc(=O)n(CC2CN(C3CCN(C(C)C)C3=O)C2)n1. The summed E-state index contributed by atoms with van der Waals surface area (Å²) in [5.74, 6) is 0.673. The van der Waals surface area contributed by atoms with Crippen molar-refractivity contribution in [3.63, 3.8) is 0 Å². The third kappa shape index (κ3) is 2.79. The molecule has 0 aromatic carbocycles. The van der Waals surface area contributed by atoms with Gasteiger partial charge in [-0.15, -0.1) is 0 Å². The van der Waals surface area contributed by atoms with Gasteiger partial charge in [0.1, 0.15) is 0 Å². The van der Waals surface area contributed by atoms with Crippen LogP contribution in [0.5, 0.6) is 0 Å². The molecule has 0 saturated carbocycles. The minimum absolute atomic E-state index is 0.0424. The molecule has 2 aliphatic heterocycles. The van der Waals surface area contributed by atoms with Gasteiger partial charge in [-0.1, -0.05) is 0 Å². The van der Waals surface area contributed by atoms with Gasteiger partial charge in [-0.05, 0) is 33.3 Å². The summed E-state index contributed by atoms with van der Waals surface area (Å²) in [6, 6.07) is 3.63. The molecule has 1 amide bonds. The predicted molar refractivity (Wildman–Crippen MR) is 83.6 cm³/mol. The standard InChI is InChI=1S/C16H24N4O2/c1-11(2)19-7-6-14(16(19)22)18-8-13(9-18)10-20-15(21)5-4-12(3)17-20/h4-5,11,13-14H,6-10H2,1-3H3. The van der Waals surface area contributed by atoms with Crippen LogP contribution in [0.3, 0.4) is 0 Å². The van der Waals surface area contributed by atoms with E-state index in [-0.39, 0.29) is 23.6 Å². The van der Waals surface area contributed by atoms with Crippen molar-refractivity contribution in [1.82, 2.24) is 19.6 Å². The van der Waals surface area contributed by atoms with Crippen LogP contribution < -0.4 is 5.56 Å². The second kappa shape index (κ2) is 5.83. The Balaban J connectivity index is 1.56. The molecule has 6 heteroatoms. The van der Waals surface area contributed by atoms with Crippen LogP contribution in [0.2, 0.25) is 0 Å². The van der Waals surface area contributed by atoms with Gasteiger partial charge in [-0.25, -0.2) is 4.68 Å². The van der Waals surface area contributed by atoms with Crippen molar-refractivity contribution in [3.05, 3.63) is 28.2 Å². The number of aromatic nitrogens is 2. The zero-order chi connectivity index (χ0) is 15.9. The molecule has 0 N–H and O–H groups in total. The van der Waals surface area contributed by atoms with Gasteiger partial charge >= 0.3 is 0 Å². The van der Waals surface area contributed by atoms with E-state index in [1.807, 2.05) is 11.8 Å². The lowest BCUT2D eigenvalue weighted by molar-refractivity contribution is -0.135. The van der Waals surface area contributed by atoms with Gasteiger partial charge in [0.25, 0.3) is 5.56 Å². The molecule has 2 saturated heterocycles. The predicted octanol–water partition coefficient (Wildman–Crippen LogP) is 0.493. The van der Waals surface area contributed by atoms with Crippen molar-refractivity contribution in [1.29, 1.82) is 0 Å². The molecule has 0 bridgehead atoms. The molecular weight excluding hydrogens is 280 g/mol. The second-order valence-corrected chi connectivity index (χ2v) is 6.74. The molecule has 3 rings (SSSR count). The zero-order valence-electron chi connectivity index (χ0n) is 13.5. The average Bonchev–Trinajstić information content (AvgIpc) is 2.79. The van der Waals surface area contributed by atoms with Crippen molar-refractivity contribution in [2.24, 2.45) is 5.92 Å². The summed E-state index contributed by atoms with van der Waals surface area (Å²) in [7, 11) is 0. The molecule has 1 aromatic rings. The van der Waals surface area contributed by atoms with Crippen LogP contribution in [0, 0.1) is 12.8 Å². The van der Waals surface area contributed by atoms with Gasteiger partial charge in [0.15, 0.2) is 0 Å². The maximum atomic E-state index is 12.4. The molecule has 2 aliphatic rings. The first-order valence-electron chi connectivity index (χ1n) is 8.05. The largest absolute Gasteiger partial charge is 0.339 e. The lowest BCUT2D eigenvalue weighted by Gasteiger charge is -2.42. The van der Waals surface area contributed by atoms with Crippen LogP contribution in [0.15, 0.2) is 16.9 Å². The third-order valence-corrected chi connectivity index (χ3v) is 4.69. The molecule has 3 heterocycles. The van der Waals surface area contributed by atoms with Gasteiger partial charge in [0.2, 0.25) is 5.91 Å². The van der Waals surface area contributed by atoms with Crippen LogP contribution in [-0.2, 0) is 11.3 Å². The Hall–Kier alpha value is -1.69. The maximum absolute atomic E-state index is 12.4. The summed E-state index contributed by atoms with van der Waals surface area (Å²) in [4.78, 5) is 28.4. The Morgan fingerprint density at radius 3 is 2.64 bits per heavy atom. The van der Waals surface area contributed by atoms with Crippen LogP contribution in [0.4, 0.5) is 0 Å². The molecule has 1 atom stereocenters. The Morgan fingerprint density at radius 1 is 1.27 bits per heavy atom. The zero-order valence-corrected chi connectivity index (χ0v) is 13.5. The number of likely N-dealkylation sites (tertiary alicyclic amines) is 2. The van der Waals surface area contributed by atoms with E-state index < -0.39 is 0 Å². The average molecular weight is 304 g/mol. The molecule has 1 aromatic heterocycles. The number of nitrogens with zero attached hydrogens (tertiary/aromatic N) is 4. The summed E-state index contributed by atoms with van der Waals surface area (Å²) in [5, 5.41) is 4.28. The Bertz CT molecular complexity index is 619. The number of hydrogen-bond donors (Lipinski definition) is 0. The molecule has 22 heavy (non-hydrogen) atoms. The molecule has 1 unspecified atom stereocenters. The Morgan fingerprint density at radius 2 is 2.00 bits per heavy atom. The van der Waals surface area contributed by atoms with E-state index in [1.165, 1.54) is 0 Å². The fourth-order valence-corrected chi connectivity index (χ4v) is 3.44. The van der Waals surface area contributed by atoms with Crippen molar-refractivity contribution >= 4 is 5.91 Å². The normalized spacial score (nSPS) is 23.4. The second-order valence-electron chi connectivity index (χ2n) is 6.74. The molecule has 2 fully saturated rings. The van der Waals surface area contributed by atoms with Gasteiger partial charge in [0.05, 0.1) is 18.3 Å². The van der Waals surface area contributed by atoms with E-state index in [2.05, 4.69) is 23.8 Å². The minimum Gasteiger partial charge on any atom is -0.339 e. The number of hydrogen-bond acceptors (Lipinski definition) is 4. The maximum Gasteiger partial charge on any atom is 0.266 e. The van der Waals surface area contributed by atoms with E-state index >= 15 is 0 Å². The molecule has 120 valence electrons. The van der Waals surface area contributed by atoms with Crippen LogP contribution in [0.25, 0.3) is 0 Å². The lowest BCUT2D eigenvalue weighted by atomic mass is 9.97. The van der Waals surface area contributed by atoms with Crippen LogP contribution in [-0.4, -0.2) is 57.2 Å². The number of carbonyl (C=O) groups is 1. The highest BCUT2D eigenvalue weighted by Crippen LogP contribution is 2.27. The Kier molecular flexibility index (Phi) is 4.04. The molecular formula is C16H24N4O2. The van der Waals surface area contributed by atoms with E-state index in [0.29, 0.717) is 12.5 Å². The van der Waals surface area contributed by atoms with Gasteiger partial charge in [-0.3, -0.25) is 14.5 Å². The van der Waals surface area contributed by atoms with Gasteiger partial charge in [0, 0.05) is 37.7 Å². The number of amides is 1. The summed E-state index contributed by atoms with van der Waals surface area (Å²) >= 11 is 0. The molecule has 0 spiro atoms. The van der Waals surface area contributed by atoms with Crippen molar-refractivity contribution < 1.29 is 4.79 Å². The summed E-state index contributed by atoms with van der Waals surface area (Å²) in [6.07, 6.45) is 0.923. The highest BCUT2D eigenvalue weighted by Gasteiger charge is 2.42. The topological polar surface area (TPSA) is 58.4 Å². The third-order valence-electron chi connectivity index (χ3n) is 4.69. The van der Waals surface area contributed by atoms with Gasteiger partial charge in [-0.2, -0.15) is 5.10 Å². The van der Waals surface area contributed by atoms with Crippen molar-refractivity contribution in [2.45, 2.75) is 45.8 Å².